The van der Waals surface area contributed by atoms with Crippen molar-refractivity contribution in [3.8, 4) is 5.75 Å². The van der Waals surface area contributed by atoms with Crippen molar-refractivity contribution in [1.82, 2.24) is 10.2 Å². The van der Waals surface area contributed by atoms with E-state index in [9.17, 15) is 4.39 Å². The van der Waals surface area contributed by atoms with Crippen LogP contribution in [0.15, 0.2) is 18.2 Å². The van der Waals surface area contributed by atoms with Crippen LogP contribution < -0.4 is 10.1 Å². The van der Waals surface area contributed by atoms with Gasteiger partial charge in [-0.15, -0.1) is 0 Å². The fourth-order valence-electron chi connectivity index (χ4n) is 2.77. The molecule has 0 amide bonds. The second kappa shape index (κ2) is 6.87. The van der Waals surface area contributed by atoms with Gasteiger partial charge in [0.2, 0.25) is 0 Å². The van der Waals surface area contributed by atoms with E-state index in [1.165, 1.54) is 7.11 Å². The molecule has 1 aromatic rings. The summed E-state index contributed by atoms with van der Waals surface area (Å²) in [5, 5.41) is 3.40. The number of methoxy groups -OCH3 is 1. The summed E-state index contributed by atoms with van der Waals surface area (Å²) in [6.07, 6.45) is 2.14. The lowest BCUT2D eigenvalue weighted by Crippen LogP contribution is -2.32. The summed E-state index contributed by atoms with van der Waals surface area (Å²) in [4.78, 5) is 2.45. The average molecular weight is 266 g/mol. The molecule has 1 aliphatic heterocycles. The van der Waals surface area contributed by atoms with Crippen molar-refractivity contribution < 1.29 is 9.13 Å². The summed E-state index contributed by atoms with van der Waals surface area (Å²) in [7, 11) is 1.50. The molecule has 3 nitrogen and oxygen atoms in total. The third-order valence-corrected chi connectivity index (χ3v) is 3.76. The normalized spacial score (nSPS) is 18.9. The highest BCUT2D eigenvalue weighted by atomic mass is 19.1. The summed E-state index contributed by atoms with van der Waals surface area (Å²) in [6, 6.07) is 5.61. The Morgan fingerprint density at radius 1 is 1.37 bits per heavy atom. The molecule has 0 aliphatic carbocycles. The maximum absolute atomic E-state index is 13.8. The van der Waals surface area contributed by atoms with Gasteiger partial charge in [0.1, 0.15) is 0 Å². The van der Waals surface area contributed by atoms with Crippen molar-refractivity contribution in [3.63, 3.8) is 0 Å². The molecule has 0 aromatic heterocycles. The zero-order valence-corrected chi connectivity index (χ0v) is 11.8. The van der Waals surface area contributed by atoms with E-state index in [1.54, 1.807) is 12.1 Å². The Morgan fingerprint density at radius 2 is 2.21 bits per heavy atom. The van der Waals surface area contributed by atoms with Crippen molar-refractivity contribution in [3.05, 3.63) is 29.6 Å². The molecule has 106 valence electrons. The van der Waals surface area contributed by atoms with Gasteiger partial charge in [-0.3, -0.25) is 4.90 Å². The van der Waals surface area contributed by atoms with Gasteiger partial charge in [0.25, 0.3) is 0 Å². The Bertz CT molecular complexity index is 403. The molecule has 4 heteroatoms. The van der Waals surface area contributed by atoms with Crippen LogP contribution in [0.3, 0.4) is 0 Å². The molecule has 0 bridgehead atoms. The molecule has 1 fully saturated rings. The molecular weight excluding hydrogens is 243 g/mol. The van der Waals surface area contributed by atoms with Crippen LogP contribution in [-0.2, 0) is 0 Å². The zero-order chi connectivity index (χ0) is 13.7. The van der Waals surface area contributed by atoms with E-state index in [2.05, 4.69) is 17.1 Å². The molecule has 1 heterocycles. The van der Waals surface area contributed by atoms with Crippen LogP contribution in [0, 0.1) is 5.82 Å². The number of nitrogens with one attached hydrogen (secondary N) is 1. The molecule has 1 aromatic carbocycles. The van der Waals surface area contributed by atoms with Crippen molar-refractivity contribution in [1.29, 1.82) is 0 Å². The van der Waals surface area contributed by atoms with Crippen LogP contribution in [0.1, 0.15) is 31.4 Å². The Hall–Kier alpha value is -1.13. The van der Waals surface area contributed by atoms with Crippen LogP contribution in [0.2, 0.25) is 0 Å². The smallest absolute Gasteiger partial charge is 0.165 e. The molecule has 1 atom stereocenters. The van der Waals surface area contributed by atoms with Gasteiger partial charge in [-0.1, -0.05) is 13.0 Å². The molecule has 2 rings (SSSR count). The van der Waals surface area contributed by atoms with E-state index in [-0.39, 0.29) is 5.82 Å². The minimum Gasteiger partial charge on any atom is -0.494 e. The third-order valence-electron chi connectivity index (χ3n) is 3.76. The molecule has 19 heavy (non-hydrogen) atoms. The molecule has 1 aliphatic rings. The summed E-state index contributed by atoms with van der Waals surface area (Å²) in [5.74, 6) is 0.0440. The summed E-state index contributed by atoms with van der Waals surface area (Å²) >= 11 is 0. The summed E-state index contributed by atoms with van der Waals surface area (Å²) in [5.41, 5.74) is 1.04. The maximum atomic E-state index is 13.8. The van der Waals surface area contributed by atoms with Crippen molar-refractivity contribution >= 4 is 0 Å². The minimum absolute atomic E-state index is 0.272. The molecule has 1 unspecified atom stereocenters. The van der Waals surface area contributed by atoms with E-state index in [0.29, 0.717) is 11.8 Å². The van der Waals surface area contributed by atoms with Crippen molar-refractivity contribution in [2.45, 2.75) is 25.8 Å². The number of halogens is 1. The van der Waals surface area contributed by atoms with Crippen LogP contribution >= 0.6 is 0 Å². The van der Waals surface area contributed by atoms with Crippen LogP contribution in [0.5, 0.6) is 5.75 Å². The SMILES string of the molecule is CCC(c1ccc(OC)c(F)c1)N1CCCNCC1. The number of hydrogen-bond donors (Lipinski definition) is 1. The fourth-order valence-corrected chi connectivity index (χ4v) is 2.77. The third kappa shape index (κ3) is 3.45. The minimum atomic E-state index is -0.272. The molecule has 0 spiro atoms. The molecule has 1 saturated heterocycles. The van der Waals surface area contributed by atoms with Crippen molar-refractivity contribution in [2.24, 2.45) is 0 Å². The Labute approximate surface area is 114 Å². The predicted octanol–water partition coefficient (Wildman–Crippen LogP) is 2.58. The van der Waals surface area contributed by atoms with Gasteiger partial charge in [0, 0.05) is 25.7 Å². The zero-order valence-electron chi connectivity index (χ0n) is 11.8. The Morgan fingerprint density at radius 3 is 2.89 bits per heavy atom. The monoisotopic (exact) mass is 266 g/mol. The first-order valence-electron chi connectivity index (χ1n) is 7.04. The van der Waals surface area contributed by atoms with Gasteiger partial charge in [0.15, 0.2) is 11.6 Å². The van der Waals surface area contributed by atoms with Gasteiger partial charge in [-0.2, -0.15) is 0 Å². The molecule has 0 saturated carbocycles. The number of hydrogen-bond acceptors (Lipinski definition) is 3. The van der Waals surface area contributed by atoms with Gasteiger partial charge in [-0.05, 0) is 37.1 Å². The molecule has 1 N–H and O–H groups in total. The number of nitrogens with zero attached hydrogens (tertiary/aromatic N) is 1. The van der Waals surface area contributed by atoms with E-state index >= 15 is 0 Å². The fraction of sp³-hybridized carbons (Fsp3) is 0.600. The highest BCUT2D eigenvalue weighted by Crippen LogP contribution is 2.28. The van der Waals surface area contributed by atoms with Gasteiger partial charge >= 0.3 is 0 Å². The van der Waals surface area contributed by atoms with Crippen molar-refractivity contribution in [2.75, 3.05) is 33.3 Å². The standard InChI is InChI=1S/C15H23FN2O/c1-3-14(18-9-4-7-17-8-10-18)12-5-6-15(19-2)13(16)11-12/h5-6,11,14,17H,3-4,7-10H2,1-2H3. The lowest BCUT2D eigenvalue weighted by molar-refractivity contribution is 0.204. The lowest BCUT2D eigenvalue weighted by atomic mass is 10.0. The van der Waals surface area contributed by atoms with E-state index in [4.69, 9.17) is 4.74 Å². The van der Waals surface area contributed by atoms with E-state index < -0.39 is 0 Å². The Balaban J connectivity index is 2.18. The first-order chi connectivity index (χ1) is 9.26. The number of benzene rings is 1. The average Bonchev–Trinajstić information content (AvgIpc) is 2.69. The van der Waals surface area contributed by atoms with Crippen LogP contribution in [0.4, 0.5) is 4.39 Å². The first-order valence-corrected chi connectivity index (χ1v) is 7.04. The highest BCUT2D eigenvalue weighted by molar-refractivity contribution is 5.31. The number of rotatable bonds is 4. The second-order valence-corrected chi connectivity index (χ2v) is 4.96. The largest absolute Gasteiger partial charge is 0.494 e. The topological polar surface area (TPSA) is 24.5 Å². The van der Waals surface area contributed by atoms with Gasteiger partial charge in [-0.25, -0.2) is 4.39 Å². The molecular formula is C15H23FN2O. The number of ether oxygens (including phenoxy) is 1. The summed E-state index contributed by atoms with van der Waals surface area (Å²) < 4.78 is 18.8. The van der Waals surface area contributed by atoms with Crippen LogP contribution in [-0.4, -0.2) is 38.2 Å². The molecule has 0 radical (unpaired) electrons. The first kappa shape index (κ1) is 14.3. The second-order valence-electron chi connectivity index (χ2n) is 4.96. The Kier molecular flexibility index (Phi) is 5.16. The predicted molar refractivity (Wildman–Crippen MR) is 75.0 cm³/mol. The van der Waals surface area contributed by atoms with Gasteiger partial charge < -0.3 is 10.1 Å². The highest BCUT2D eigenvalue weighted by Gasteiger charge is 2.20. The van der Waals surface area contributed by atoms with E-state index in [1.807, 2.05) is 6.07 Å². The van der Waals surface area contributed by atoms with Crippen LogP contribution in [0.25, 0.3) is 0 Å². The summed E-state index contributed by atoms with van der Waals surface area (Å²) in [6.45, 7) is 6.33. The van der Waals surface area contributed by atoms with E-state index in [0.717, 1.165) is 44.6 Å². The van der Waals surface area contributed by atoms with Gasteiger partial charge in [0.05, 0.1) is 7.11 Å². The quantitative estimate of drug-likeness (QED) is 0.906. The maximum Gasteiger partial charge on any atom is 0.165 e. The lowest BCUT2D eigenvalue weighted by Gasteiger charge is -2.30.